The quantitative estimate of drug-likeness (QED) is 0.859. The summed E-state index contributed by atoms with van der Waals surface area (Å²) < 4.78 is 0. The van der Waals surface area contributed by atoms with E-state index < -0.39 is 0 Å². The molecule has 100 valence electrons. The summed E-state index contributed by atoms with van der Waals surface area (Å²) in [6, 6.07) is 14.7. The molecule has 0 aliphatic heterocycles. The summed E-state index contributed by atoms with van der Waals surface area (Å²) in [6.45, 7) is 1.85. The third kappa shape index (κ3) is 4.07. The fourth-order valence-corrected chi connectivity index (χ4v) is 2.04. The molecule has 0 saturated heterocycles. The Labute approximate surface area is 115 Å². The highest BCUT2D eigenvalue weighted by Crippen LogP contribution is 2.12. The van der Waals surface area contributed by atoms with Gasteiger partial charge in [0.2, 0.25) is 0 Å². The van der Waals surface area contributed by atoms with Crippen molar-refractivity contribution < 1.29 is 0 Å². The van der Waals surface area contributed by atoms with Gasteiger partial charge in [0.05, 0.1) is 0 Å². The van der Waals surface area contributed by atoms with Gasteiger partial charge in [-0.25, -0.2) is 4.98 Å². The maximum Gasteiger partial charge on any atom is 0.128 e. The van der Waals surface area contributed by atoms with Crippen LogP contribution in [0.2, 0.25) is 0 Å². The molecule has 1 aromatic carbocycles. The minimum Gasteiger partial charge on any atom is -0.359 e. The predicted molar refractivity (Wildman–Crippen MR) is 80.4 cm³/mol. The molecule has 0 aliphatic carbocycles. The number of nitrogens with one attached hydrogen (secondary N) is 1. The van der Waals surface area contributed by atoms with Crippen LogP contribution in [0.5, 0.6) is 0 Å². The number of nitrogens with zero attached hydrogens (tertiary/aromatic N) is 2. The Morgan fingerprint density at radius 2 is 1.89 bits per heavy atom. The Bertz CT molecular complexity index is 496. The van der Waals surface area contributed by atoms with Crippen molar-refractivity contribution in [1.82, 2.24) is 10.3 Å². The minimum absolute atomic E-state index is 0.877. The summed E-state index contributed by atoms with van der Waals surface area (Å²) in [7, 11) is 4.05. The van der Waals surface area contributed by atoms with Gasteiger partial charge in [-0.3, -0.25) is 0 Å². The van der Waals surface area contributed by atoms with Crippen LogP contribution in [0.25, 0.3) is 0 Å². The summed E-state index contributed by atoms with van der Waals surface area (Å²) in [4.78, 5) is 6.63. The van der Waals surface area contributed by atoms with Crippen molar-refractivity contribution in [3.63, 3.8) is 0 Å². The second-order valence-electron chi connectivity index (χ2n) is 4.71. The summed E-state index contributed by atoms with van der Waals surface area (Å²) >= 11 is 0. The topological polar surface area (TPSA) is 28.2 Å². The van der Waals surface area contributed by atoms with Gasteiger partial charge >= 0.3 is 0 Å². The van der Waals surface area contributed by atoms with Crippen LogP contribution in [-0.2, 0) is 13.0 Å². The van der Waals surface area contributed by atoms with E-state index in [0.717, 1.165) is 25.3 Å². The van der Waals surface area contributed by atoms with Gasteiger partial charge in [-0.2, -0.15) is 0 Å². The molecule has 0 fully saturated rings. The van der Waals surface area contributed by atoms with Crippen molar-refractivity contribution in [2.24, 2.45) is 0 Å². The molecule has 3 heteroatoms. The normalized spacial score (nSPS) is 10.4. The monoisotopic (exact) mass is 255 g/mol. The third-order valence-electron chi connectivity index (χ3n) is 3.16. The maximum atomic E-state index is 4.43. The van der Waals surface area contributed by atoms with Gasteiger partial charge in [-0.1, -0.05) is 30.3 Å². The largest absolute Gasteiger partial charge is 0.359 e. The van der Waals surface area contributed by atoms with Crippen LogP contribution in [0, 0.1) is 0 Å². The molecule has 0 unspecified atom stereocenters. The average molecular weight is 255 g/mol. The number of anilines is 1. The summed E-state index contributed by atoms with van der Waals surface area (Å²) in [6.07, 6.45) is 2.91. The molecular formula is C16H21N3. The van der Waals surface area contributed by atoms with Gasteiger partial charge in [-0.05, 0) is 36.7 Å². The highest BCUT2D eigenvalue weighted by molar-refractivity contribution is 5.40. The van der Waals surface area contributed by atoms with Crippen molar-refractivity contribution in [2.45, 2.75) is 13.0 Å². The number of benzene rings is 1. The van der Waals surface area contributed by atoms with E-state index in [0.29, 0.717) is 0 Å². The lowest BCUT2D eigenvalue weighted by molar-refractivity contribution is 0.809. The van der Waals surface area contributed by atoms with Crippen LogP contribution in [0.4, 0.5) is 5.82 Å². The van der Waals surface area contributed by atoms with Crippen LogP contribution < -0.4 is 10.2 Å². The summed E-state index contributed by atoms with van der Waals surface area (Å²) in [5.41, 5.74) is 2.62. The molecule has 3 nitrogen and oxygen atoms in total. The van der Waals surface area contributed by atoms with E-state index in [1.807, 2.05) is 19.3 Å². The Morgan fingerprint density at radius 1 is 1.11 bits per heavy atom. The Kier molecular flexibility index (Phi) is 4.93. The molecule has 0 radical (unpaired) electrons. The van der Waals surface area contributed by atoms with E-state index in [4.69, 9.17) is 0 Å². The second kappa shape index (κ2) is 6.90. The lowest BCUT2D eigenvalue weighted by Gasteiger charge is -2.18. The first-order valence-corrected chi connectivity index (χ1v) is 6.64. The molecule has 0 spiro atoms. The predicted octanol–water partition coefficient (Wildman–Crippen LogP) is 2.48. The molecule has 0 saturated carbocycles. The van der Waals surface area contributed by atoms with Crippen molar-refractivity contribution in [2.75, 3.05) is 25.5 Å². The first-order valence-electron chi connectivity index (χ1n) is 6.64. The number of rotatable bonds is 6. The smallest absolute Gasteiger partial charge is 0.128 e. The number of aromatic nitrogens is 1. The van der Waals surface area contributed by atoms with Gasteiger partial charge in [0.1, 0.15) is 5.82 Å². The van der Waals surface area contributed by atoms with E-state index in [2.05, 4.69) is 58.6 Å². The van der Waals surface area contributed by atoms with Crippen LogP contribution in [0.15, 0.2) is 48.7 Å². The standard InChI is InChI=1S/C16H21N3/c1-17-13-15-8-10-18-16(12-15)19(2)11-9-14-6-4-3-5-7-14/h3-8,10,12,17H,9,11,13H2,1-2H3. The first-order chi connectivity index (χ1) is 9.29. The van der Waals surface area contributed by atoms with Gasteiger partial charge in [-0.15, -0.1) is 0 Å². The Morgan fingerprint density at radius 3 is 2.63 bits per heavy atom. The molecule has 1 heterocycles. The second-order valence-corrected chi connectivity index (χ2v) is 4.71. The fraction of sp³-hybridized carbons (Fsp3) is 0.312. The Balaban J connectivity index is 1.95. The lowest BCUT2D eigenvalue weighted by Crippen LogP contribution is -2.21. The molecule has 0 amide bonds. The summed E-state index contributed by atoms with van der Waals surface area (Å²) in [5, 5.41) is 3.16. The minimum atomic E-state index is 0.877. The zero-order valence-electron chi connectivity index (χ0n) is 11.6. The zero-order chi connectivity index (χ0) is 13.5. The van der Waals surface area contributed by atoms with Gasteiger partial charge in [0, 0.05) is 26.3 Å². The molecule has 1 N–H and O–H groups in total. The van der Waals surface area contributed by atoms with Crippen molar-refractivity contribution in [3.05, 3.63) is 59.8 Å². The molecule has 0 bridgehead atoms. The average Bonchev–Trinajstić information content (AvgIpc) is 2.46. The lowest BCUT2D eigenvalue weighted by atomic mass is 10.1. The zero-order valence-corrected chi connectivity index (χ0v) is 11.6. The van der Waals surface area contributed by atoms with Crippen molar-refractivity contribution in [1.29, 1.82) is 0 Å². The molecule has 19 heavy (non-hydrogen) atoms. The maximum absolute atomic E-state index is 4.43. The molecule has 0 aliphatic rings. The van der Waals surface area contributed by atoms with Gasteiger partial charge in [0.15, 0.2) is 0 Å². The van der Waals surface area contributed by atoms with E-state index >= 15 is 0 Å². The van der Waals surface area contributed by atoms with Crippen molar-refractivity contribution >= 4 is 5.82 Å². The number of hydrogen-bond donors (Lipinski definition) is 1. The van der Waals surface area contributed by atoms with Crippen LogP contribution in [0.1, 0.15) is 11.1 Å². The molecule has 2 aromatic rings. The highest BCUT2D eigenvalue weighted by atomic mass is 15.2. The van der Waals surface area contributed by atoms with Crippen LogP contribution in [0.3, 0.4) is 0 Å². The molecular weight excluding hydrogens is 234 g/mol. The SMILES string of the molecule is CNCc1ccnc(N(C)CCc2ccccc2)c1. The van der Waals surface area contributed by atoms with E-state index in [-0.39, 0.29) is 0 Å². The van der Waals surface area contributed by atoms with E-state index in [1.165, 1.54) is 11.1 Å². The van der Waals surface area contributed by atoms with Crippen LogP contribution >= 0.6 is 0 Å². The first kappa shape index (κ1) is 13.6. The molecule has 1 aromatic heterocycles. The summed E-state index contributed by atoms with van der Waals surface area (Å²) in [5.74, 6) is 1.03. The number of hydrogen-bond acceptors (Lipinski definition) is 3. The number of likely N-dealkylation sites (N-methyl/N-ethyl adjacent to an activating group) is 1. The number of pyridine rings is 1. The van der Waals surface area contributed by atoms with Gasteiger partial charge < -0.3 is 10.2 Å². The van der Waals surface area contributed by atoms with Crippen LogP contribution in [-0.4, -0.2) is 25.6 Å². The Hall–Kier alpha value is -1.87. The van der Waals surface area contributed by atoms with Gasteiger partial charge in [0.25, 0.3) is 0 Å². The fourth-order valence-electron chi connectivity index (χ4n) is 2.04. The third-order valence-corrected chi connectivity index (χ3v) is 3.16. The molecule has 0 atom stereocenters. The van der Waals surface area contributed by atoms with Crippen molar-refractivity contribution in [3.8, 4) is 0 Å². The van der Waals surface area contributed by atoms with E-state index in [9.17, 15) is 0 Å². The van der Waals surface area contributed by atoms with E-state index in [1.54, 1.807) is 0 Å². The highest BCUT2D eigenvalue weighted by Gasteiger charge is 2.03. The molecule has 2 rings (SSSR count).